The summed E-state index contributed by atoms with van der Waals surface area (Å²) in [5, 5.41) is 27.2. The Morgan fingerprint density at radius 3 is 3.04 bits per heavy atom. The van der Waals surface area contributed by atoms with Crippen LogP contribution >= 0.6 is 11.8 Å². The predicted octanol–water partition coefficient (Wildman–Crippen LogP) is 0.454. The maximum Gasteiger partial charge on any atom is 0.305 e. The lowest BCUT2D eigenvalue weighted by Crippen LogP contribution is -2.26. The number of nitrogens with zero attached hydrogens (tertiary/aromatic N) is 2. The molecule has 2 rings (SSSR count). The number of carboxylic acid groups (broad SMARTS) is 1. The molecule has 122 valence electrons. The Kier molecular flexibility index (Phi) is 6.12. The van der Waals surface area contributed by atoms with Crippen molar-refractivity contribution in [2.24, 2.45) is 10.2 Å². The van der Waals surface area contributed by atoms with Gasteiger partial charge in [0, 0.05) is 0 Å². The number of nitrogens with one attached hydrogen (secondary N) is 1. The summed E-state index contributed by atoms with van der Waals surface area (Å²) in [5.41, 5.74) is 0.737. The largest absolute Gasteiger partial charge is 0.491 e. The number of hydrogen-bond donors (Lipinski definition) is 3. The first-order chi connectivity index (χ1) is 11.1. The molecule has 0 aromatic heterocycles. The SMILES string of the molecule is O=C(O)CC1SC(=NN=Cc2cccc(OCCO)c2)NC1=O. The average molecular weight is 337 g/mol. The number of aliphatic hydroxyl groups is 1. The number of benzene rings is 1. The molecule has 1 aliphatic heterocycles. The van der Waals surface area contributed by atoms with Crippen molar-refractivity contribution in [2.45, 2.75) is 11.7 Å². The van der Waals surface area contributed by atoms with Gasteiger partial charge in [0.05, 0.1) is 19.2 Å². The van der Waals surface area contributed by atoms with E-state index in [-0.39, 0.29) is 30.7 Å². The minimum absolute atomic E-state index is 0.0690. The van der Waals surface area contributed by atoms with Gasteiger partial charge < -0.3 is 20.3 Å². The van der Waals surface area contributed by atoms with Gasteiger partial charge in [-0.2, -0.15) is 5.10 Å². The van der Waals surface area contributed by atoms with E-state index in [1.807, 2.05) is 0 Å². The number of carbonyl (C=O) groups excluding carboxylic acids is 1. The number of ether oxygens (including phenoxy) is 1. The minimum atomic E-state index is -1.04. The van der Waals surface area contributed by atoms with Crippen LogP contribution in [0.1, 0.15) is 12.0 Å². The van der Waals surface area contributed by atoms with Crippen LogP contribution in [-0.4, -0.2) is 51.9 Å². The summed E-state index contributed by atoms with van der Waals surface area (Å²) < 4.78 is 5.28. The van der Waals surface area contributed by atoms with Crippen LogP contribution < -0.4 is 10.1 Å². The highest BCUT2D eigenvalue weighted by Gasteiger charge is 2.32. The van der Waals surface area contributed by atoms with E-state index >= 15 is 0 Å². The Balaban J connectivity index is 1.96. The highest BCUT2D eigenvalue weighted by molar-refractivity contribution is 8.15. The van der Waals surface area contributed by atoms with Gasteiger partial charge in [-0.25, -0.2) is 0 Å². The van der Waals surface area contributed by atoms with E-state index in [0.29, 0.717) is 5.75 Å². The number of carboxylic acids is 1. The summed E-state index contributed by atoms with van der Waals surface area (Å²) in [6, 6.07) is 7.05. The second-order valence-corrected chi connectivity index (χ2v) is 5.68. The maximum atomic E-state index is 11.5. The van der Waals surface area contributed by atoms with Crippen molar-refractivity contribution in [3.8, 4) is 5.75 Å². The quantitative estimate of drug-likeness (QED) is 0.491. The molecule has 1 atom stereocenters. The highest BCUT2D eigenvalue weighted by Crippen LogP contribution is 2.22. The molecule has 9 heteroatoms. The van der Waals surface area contributed by atoms with Crippen molar-refractivity contribution in [3.63, 3.8) is 0 Å². The Morgan fingerprint density at radius 2 is 2.30 bits per heavy atom. The molecule has 1 amide bonds. The first-order valence-corrected chi connectivity index (χ1v) is 7.60. The Hall–Kier alpha value is -2.39. The second kappa shape index (κ2) is 8.30. The average Bonchev–Trinajstić information content (AvgIpc) is 2.85. The standard InChI is InChI=1S/C14H15N3O5S/c18-4-5-22-10-3-1-2-9(6-10)8-15-17-14-16-13(21)11(23-14)7-12(19)20/h1-3,6,8,11,18H,4-5,7H2,(H,19,20)(H,16,17,21). The van der Waals surface area contributed by atoms with Crippen molar-refractivity contribution >= 4 is 35.0 Å². The molecule has 0 aliphatic carbocycles. The van der Waals surface area contributed by atoms with Gasteiger partial charge >= 0.3 is 5.97 Å². The molecule has 3 N–H and O–H groups in total. The van der Waals surface area contributed by atoms with Crippen LogP contribution in [0.5, 0.6) is 5.75 Å². The molecular weight excluding hydrogens is 322 g/mol. The first kappa shape index (κ1) is 17.0. The number of aliphatic carboxylic acids is 1. The molecule has 0 bridgehead atoms. The van der Waals surface area contributed by atoms with Crippen LogP contribution in [0, 0.1) is 0 Å². The molecule has 1 aliphatic rings. The molecule has 23 heavy (non-hydrogen) atoms. The van der Waals surface area contributed by atoms with Crippen LogP contribution in [0.4, 0.5) is 0 Å². The van der Waals surface area contributed by atoms with E-state index in [1.165, 1.54) is 6.21 Å². The first-order valence-electron chi connectivity index (χ1n) is 6.72. The van der Waals surface area contributed by atoms with E-state index in [1.54, 1.807) is 24.3 Å². The lowest BCUT2D eigenvalue weighted by Gasteiger charge is -2.03. The summed E-state index contributed by atoms with van der Waals surface area (Å²) in [4.78, 5) is 22.2. The van der Waals surface area contributed by atoms with Crippen LogP contribution in [-0.2, 0) is 9.59 Å². The Labute approximate surface area is 136 Å². The predicted molar refractivity (Wildman–Crippen MR) is 85.8 cm³/mol. The summed E-state index contributed by atoms with van der Waals surface area (Å²) in [7, 11) is 0. The zero-order chi connectivity index (χ0) is 16.7. The van der Waals surface area contributed by atoms with Gasteiger partial charge in [-0.15, -0.1) is 5.10 Å². The molecule has 1 heterocycles. The van der Waals surface area contributed by atoms with Crippen molar-refractivity contribution in [3.05, 3.63) is 29.8 Å². The Bertz CT molecular complexity index is 647. The maximum absolute atomic E-state index is 11.5. The fourth-order valence-electron chi connectivity index (χ4n) is 1.74. The minimum Gasteiger partial charge on any atom is -0.491 e. The van der Waals surface area contributed by atoms with Crippen LogP contribution in [0.15, 0.2) is 34.5 Å². The highest BCUT2D eigenvalue weighted by atomic mass is 32.2. The van der Waals surface area contributed by atoms with Gasteiger partial charge in [0.1, 0.15) is 17.6 Å². The van der Waals surface area contributed by atoms with Crippen molar-refractivity contribution < 1.29 is 24.5 Å². The van der Waals surface area contributed by atoms with E-state index in [9.17, 15) is 9.59 Å². The number of hydrogen-bond acceptors (Lipinski definition) is 7. The lowest BCUT2D eigenvalue weighted by molar-refractivity contribution is -0.138. The molecule has 1 unspecified atom stereocenters. The van der Waals surface area contributed by atoms with E-state index in [4.69, 9.17) is 14.9 Å². The topological polar surface area (TPSA) is 121 Å². The van der Waals surface area contributed by atoms with Crippen molar-refractivity contribution in [1.29, 1.82) is 0 Å². The number of carbonyl (C=O) groups is 2. The van der Waals surface area contributed by atoms with Gasteiger partial charge in [0.25, 0.3) is 0 Å². The molecule has 1 saturated heterocycles. The van der Waals surface area contributed by atoms with Crippen LogP contribution in [0.2, 0.25) is 0 Å². The third-order valence-electron chi connectivity index (χ3n) is 2.71. The third kappa shape index (κ3) is 5.38. The number of rotatable bonds is 7. The number of aliphatic hydroxyl groups excluding tert-OH is 1. The van der Waals surface area contributed by atoms with Crippen LogP contribution in [0.25, 0.3) is 0 Å². The lowest BCUT2D eigenvalue weighted by atomic mass is 10.2. The Morgan fingerprint density at radius 1 is 1.48 bits per heavy atom. The monoisotopic (exact) mass is 337 g/mol. The summed E-state index contributed by atoms with van der Waals surface area (Å²) >= 11 is 1.04. The molecule has 8 nitrogen and oxygen atoms in total. The van der Waals surface area contributed by atoms with Gasteiger partial charge in [-0.3, -0.25) is 9.59 Å². The second-order valence-electron chi connectivity index (χ2n) is 4.49. The molecule has 1 fully saturated rings. The normalized spacial score (nSPS) is 19.3. The number of amidine groups is 1. The van der Waals surface area contributed by atoms with E-state index in [2.05, 4.69) is 15.5 Å². The van der Waals surface area contributed by atoms with Gasteiger partial charge in [-0.1, -0.05) is 23.9 Å². The molecule has 1 aromatic carbocycles. The van der Waals surface area contributed by atoms with Gasteiger partial charge in [0.2, 0.25) is 5.91 Å². The fourth-order valence-corrected chi connectivity index (χ4v) is 2.66. The summed E-state index contributed by atoms with van der Waals surface area (Å²) in [6.07, 6.45) is 1.22. The zero-order valence-corrected chi connectivity index (χ0v) is 12.8. The van der Waals surface area contributed by atoms with E-state index in [0.717, 1.165) is 17.3 Å². The smallest absolute Gasteiger partial charge is 0.305 e. The van der Waals surface area contributed by atoms with Gasteiger partial charge in [-0.05, 0) is 17.7 Å². The molecular formula is C14H15N3O5S. The third-order valence-corrected chi connectivity index (χ3v) is 3.78. The number of thioether (sulfide) groups is 1. The molecule has 1 aromatic rings. The molecule has 0 spiro atoms. The summed E-state index contributed by atoms with van der Waals surface area (Å²) in [6.45, 7) is 0.136. The molecule has 0 radical (unpaired) electrons. The van der Waals surface area contributed by atoms with Crippen molar-refractivity contribution in [2.75, 3.05) is 13.2 Å². The number of amides is 1. The fraction of sp³-hybridized carbons (Fsp3) is 0.286. The summed E-state index contributed by atoms with van der Waals surface area (Å²) in [5.74, 6) is -0.825. The van der Waals surface area contributed by atoms with Crippen LogP contribution in [0.3, 0.4) is 0 Å². The molecule has 0 saturated carbocycles. The van der Waals surface area contributed by atoms with Crippen molar-refractivity contribution in [1.82, 2.24) is 5.32 Å². The van der Waals surface area contributed by atoms with E-state index < -0.39 is 11.2 Å². The van der Waals surface area contributed by atoms with Gasteiger partial charge in [0.15, 0.2) is 5.17 Å². The zero-order valence-electron chi connectivity index (χ0n) is 12.0.